The molecule has 2 aromatic rings. The Morgan fingerprint density at radius 2 is 2.05 bits per heavy atom. The summed E-state index contributed by atoms with van der Waals surface area (Å²) in [6.45, 7) is 5.18. The van der Waals surface area contributed by atoms with E-state index in [1.54, 1.807) is 39.0 Å². The van der Waals surface area contributed by atoms with Crippen LogP contribution < -0.4 is 10.9 Å². The molecule has 0 saturated carbocycles. The standard InChI is InChI=1S/C15H16N2O4/c1-9(2)16-15(19)21-17-10(3)12-8-11-6-4-5-7-13(11)20-14(12)18/h4-9H,1-3H3,(H,16,19)/b17-10-. The number of carbonyl (C=O) groups is 1. The lowest BCUT2D eigenvalue weighted by molar-refractivity contribution is 0.148. The van der Waals surface area contributed by atoms with Crippen molar-refractivity contribution in [1.29, 1.82) is 0 Å². The van der Waals surface area contributed by atoms with Crippen LogP contribution in [-0.4, -0.2) is 17.8 Å². The van der Waals surface area contributed by atoms with Gasteiger partial charge in [0.25, 0.3) is 0 Å². The first-order valence-corrected chi connectivity index (χ1v) is 6.52. The molecule has 0 fully saturated rings. The van der Waals surface area contributed by atoms with E-state index in [2.05, 4.69) is 10.5 Å². The lowest BCUT2D eigenvalue weighted by atomic mass is 10.1. The van der Waals surface area contributed by atoms with E-state index < -0.39 is 11.7 Å². The number of fused-ring (bicyclic) bond motifs is 1. The van der Waals surface area contributed by atoms with Gasteiger partial charge >= 0.3 is 11.7 Å². The second-order valence-electron chi connectivity index (χ2n) is 4.84. The molecule has 0 unspecified atom stereocenters. The van der Waals surface area contributed by atoms with E-state index in [1.165, 1.54) is 0 Å². The first-order valence-electron chi connectivity index (χ1n) is 6.52. The first-order chi connectivity index (χ1) is 9.97. The average Bonchev–Trinajstić information content (AvgIpc) is 2.43. The van der Waals surface area contributed by atoms with E-state index in [9.17, 15) is 9.59 Å². The third-order valence-corrected chi connectivity index (χ3v) is 2.70. The molecule has 0 aliphatic heterocycles. The van der Waals surface area contributed by atoms with Crippen molar-refractivity contribution in [1.82, 2.24) is 5.32 Å². The van der Waals surface area contributed by atoms with E-state index >= 15 is 0 Å². The Kier molecular flexibility index (Phi) is 4.37. The smallest absolute Gasteiger partial charge is 0.422 e. The number of oxime groups is 1. The summed E-state index contributed by atoms with van der Waals surface area (Å²) < 4.78 is 5.19. The van der Waals surface area contributed by atoms with Crippen LogP contribution in [0.15, 0.2) is 44.7 Å². The van der Waals surface area contributed by atoms with Crippen molar-refractivity contribution in [3.63, 3.8) is 0 Å². The molecule has 21 heavy (non-hydrogen) atoms. The van der Waals surface area contributed by atoms with Crippen LogP contribution in [0.2, 0.25) is 0 Å². The zero-order valence-corrected chi connectivity index (χ0v) is 12.0. The highest BCUT2D eigenvalue weighted by atomic mass is 16.7. The minimum atomic E-state index is -0.672. The number of hydrogen-bond acceptors (Lipinski definition) is 5. The Morgan fingerprint density at radius 1 is 1.33 bits per heavy atom. The number of amides is 1. The molecule has 2 rings (SSSR count). The number of carbonyl (C=O) groups excluding carboxylic acids is 1. The van der Waals surface area contributed by atoms with E-state index in [-0.39, 0.29) is 17.3 Å². The minimum Gasteiger partial charge on any atom is -0.422 e. The molecule has 1 N–H and O–H groups in total. The maximum absolute atomic E-state index is 11.9. The van der Waals surface area contributed by atoms with Gasteiger partial charge in [-0.1, -0.05) is 23.4 Å². The fraction of sp³-hybridized carbons (Fsp3) is 0.267. The molecule has 1 aromatic carbocycles. The van der Waals surface area contributed by atoms with Crippen molar-refractivity contribution in [2.45, 2.75) is 26.8 Å². The van der Waals surface area contributed by atoms with Crippen LogP contribution >= 0.6 is 0 Å². The highest BCUT2D eigenvalue weighted by Gasteiger charge is 2.10. The summed E-state index contributed by atoms with van der Waals surface area (Å²) in [4.78, 5) is 27.9. The second-order valence-corrected chi connectivity index (χ2v) is 4.84. The maximum atomic E-state index is 11.9. The van der Waals surface area contributed by atoms with Crippen LogP contribution in [-0.2, 0) is 4.84 Å². The van der Waals surface area contributed by atoms with Crippen molar-refractivity contribution >= 4 is 22.8 Å². The predicted octanol–water partition coefficient (Wildman–Crippen LogP) is 2.65. The zero-order valence-electron chi connectivity index (χ0n) is 12.0. The highest BCUT2D eigenvalue weighted by Crippen LogP contribution is 2.13. The normalized spacial score (nSPS) is 11.7. The number of rotatable bonds is 3. The van der Waals surface area contributed by atoms with Crippen molar-refractivity contribution in [3.05, 3.63) is 46.3 Å². The van der Waals surface area contributed by atoms with Gasteiger partial charge in [0, 0.05) is 11.4 Å². The molecule has 0 radical (unpaired) electrons. The van der Waals surface area contributed by atoms with Crippen LogP contribution in [0, 0.1) is 0 Å². The van der Waals surface area contributed by atoms with Gasteiger partial charge in [-0.15, -0.1) is 0 Å². The fourth-order valence-electron chi connectivity index (χ4n) is 1.74. The van der Waals surface area contributed by atoms with E-state index in [0.717, 1.165) is 5.39 Å². The molecule has 1 heterocycles. The van der Waals surface area contributed by atoms with Gasteiger partial charge < -0.3 is 9.73 Å². The molecule has 110 valence electrons. The van der Waals surface area contributed by atoms with Crippen LogP contribution in [0.4, 0.5) is 4.79 Å². The van der Waals surface area contributed by atoms with E-state index in [0.29, 0.717) is 5.58 Å². The molecule has 0 spiro atoms. The SMILES string of the molecule is C/C(=N/OC(=O)NC(C)C)c1cc2ccccc2oc1=O. The van der Waals surface area contributed by atoms with Gasteiger partial charge in [-0.3, -0.25) is 4.84 Å². The Bertz CT molecular complexity index is 747. The van der Waals surface area contributed by atoms with Crippen LogP contribution in [0.5, 0.6) is 0 Å². The van der Waals surface area contributed by atoms with Crippen molar-refractivity contribution in [2.24, 2.45) is 5.16 Å². The third kappa shape index (κ3) is 3.68. The molecular weight excluding hydrogens is 272 g/mol. The van der Waals surface area contributed by atoms with Crippen molar-refractivity contribution in [3.8, 4) is 0 Å². The minimum absolute atomic E-state index is 0.0567. The van der Waals surface area contributed by atoms with Crippen LogP contribution in [0.1, 0.15) is 26.3 Å². The quantitative estimate of drug-likeness (QED) is 0.407. The second kappa shape index (κ2) is 6.21. The first kappa shape index (κ1) is 14.8. The van der Waals surface area contributed by atoms with Gasteiger partial charge in [-0.25, -0.2) is 9.59 Å². The summed E-state index contributed by atoms with van der Waals surface area (Å²) in [6.07, 6.45) is -0.672. The highest BCUT2D eigenvalue weighted by molar-refractivity contribution is 6.00. The maximum Gasteiger partial charge on any atom is 0.433 e. The third-order valence-electron chi connectivity index (χ3n) is 2.70. The number of para-hydroxylation sites is 1. The molecular formula is C15H16N2O4. The average molecular weight is 288 g/mol. The topological polar surface area (TPSA) is 80.9 Å². The van der Waals surface area contributed by atoms with Crippen LogP contribution in [0.25, 0.3) is 11.0 Å². The summed E-state index contributed by atoms with van der Waals surface area (Å²) in [6, 6.07) is 8.75. The Hall–Kier alpha value is -2.63. The lowest BCUT2D eigenvalue weighted by Gasteiger charge is -2.06. The van der Waals surface area contributed by atoms with Gasteiger partial charge in [0.2, 0.25) is 0 Å². The number of hydrogen-bond donors (Lipinski definition) is 1. The summed E-state index contributed by atoms with van der Waals surface area (Å²) in [5, 5.41) is 6.96. The molecule has 0 saturated heterocycles. The molecule has 0 aliphatic rings. The molecule has 1 aromatic heterocycles. The van der Waals surface area contributed by atoms with E-state index in [1.807, 2.05) is 12.1 Å². The Morgan fingerprint density at radius 3 is 2.76 bits per heavy atom. The summed E-state index contributed by atoms with van der Waals surface area (Å²) >= 11 is 0. The monoisotopic (exact) mass is 288 g/mol. The number of benzene rings is 1. The lowest BCUT2D eigenvalue weighted by Crippen LogP contribution is -2.29. The summed E-state index contributed by atoms with van der Waals surface area (Å²) in [5.74, 6) is 0. The molecule has 0 aliphatic carbocycles. The number of nitrogens with zero attached hydrogens (tertiary/aromatic N) is 1. The van der Waals surface area contributed by atoms with Crippen molar-refractivity contribution < 1.29 is 14.0 Å². The zero-order chi connectivity index (χ0) is 15.4. The van der Waals surface area contributed by atoms with Gasteiger partial charge in [0.1, 0.15) is 5.58 Å². The van der Waals surface area contributed by atoms with E-state index in [4.69, 9.17) is 9.25 Å². The Labute approximate surface area is 121 Å². The van der Waals surface area contributed by atoms with Gasteiger partial charge in [-0.05, 0) is 32.9 Å². The number of nitrogens with one attached hydrogen (secondary N) is 1. The van der Waals surface area contributed by atoms with Gasteiger partial charge in [0.05, 0.1) is 11.3 Å². The van der Waals surface area contributed by atoms with Gasteiger partial charge in [-0.2, -0.15) is 0 Å². The summed E-state index contributed by atoms with van der Waals surface area (Å²) in [5.41, 5.74) is 0.500. The fourth-order valence-corrected chi connectivity index (χ4v) is 1.74. The molecule has 6 heteroatoms. The van der Waals surface area contributed by atoms with Crippen molar-refractivity contribution in [2.75, 3.05) is 0 Å². The molecule has 6 nitrogen and oxygen atoms in total. The summed E-state index contributed by atoms with van der Waals surface area (Å²) in [7, 11) is 0. The molecule has 0 bridgehead atoms. The largest absolute Gasteiger partial charge is 0.433 e. The van der Waals surface area contributed by atoms with Crippen LogP contribution in [0.3, 0.4) is 0 Å². The predicted molar refractivity (Wildman–Crippen MR) is 79.4 cm³/mol. The molecule has 1 amide bonds. The Balaban J connectivity index is 2.26. The molecule has 0 atom stereocenters. The van der Waals surface area contributed by atoms with Gasteiger partial charge in [0.15, 0.2) is 0 Å².